The molecule has 0 bridgehead atoms. The number of rotatable bonds is 3. The van der Waals surface area contributed by atoms with Crippen LogP contribution in [0.3, 0.4) is 0 Å². The van der Waals surface area contributed by atoms with Crippen molar-refractivity contribution >= 4 is 43.6 Å². The summed E-state index contributed by atoms with van der Waals surface area (Å²) in [6, 6.07) is 35.3. The maximum absolute atomic E-state index is 11.2. The molecule has 0 saturated heterocycles. The lowest BCUT2D eigenvalue weighted by molar-refractivity contribution is 1.01. The fourth-order valence-electron chi connectivity index (χ4n) is 7.09. The molecule has 0 fully saturated rings. The molecule has 0 radical (unpaired) electrons. The lowest BCUT2D eigenvalue weighted by Crippen LogP contribution is -2.06. The lowest BCUT2D eigenvalue weighted by atomic mass is 10.0. The van der Waals surface area contributed by atoms with Gasteiger partial charge in [-0.2, -0.15) is 5.26 Å². The molecule has 3 heterocycles. The number of benzene rings is 5. The van der Waals surface area contributed by atoms with Crippen LogP contribution >= 0.6 is 0 Å². The molecule has 0 unspecified atom stereocenters. The number of hydrogen-bond acceptors (Lipinski definition) is 3. The number of aryl methyl sites for hydroxylation is 6. The van der Waals surface area contributed by atoms with E-state index in [0.29, 0.717) is 11.4 Å². The molecule has 5 aromatic carbocycles. The minimum atomic E-state index is 0.606. The van der Waals surface area contributed by atoms with Gasteiger partial charge in [-0.1, -0.05) is 48.5 Å². The summed E-state index contributed by atoms with van der Waals surface area (Å²) in [5.41, 5.74) is 13.9. The standard InChI is InChI=1S/C41H33N5/c1-23-7-11-30-31-12-8-24(2)16-37(31)45(36(30)15-23)40-20-29(35-19-27(5)43-28(6)44-35)21-41(34(40)22-42)46-38-17-25(3)9-13-32(38)33-14-10-26(4)18-39(33)46/h7-21H,1-6H3. The topological polar surface area (TPSA) is 59.4 Å². The first-order valence-electron chi connectivity index (χ1n) is 15.6. The molecule has 0 N–H and O–H groups in total. The molecule has 8 aromatic rings. The summed E-state index contributed by atoms with van der Waals surface area (Å²) in [5, 5.41) is 15.8. The van der Waals surface area contributed by atoms with Crippen LogP contribution in [0.5, 0.6) is 0 Å². The van der Waals surface area contributed by atoms with Gasteiger partial charge < -0.3 is 9.13 Å². The fourth-order valence-corrected chi connectivity index (χ4v) is 7.09. The number of nitriles is 1. The van der Waals surface area contributed by atoms with E-state index in [0.717, 1.165) is 71.9 Å². The average Bonchev–Trinajstić information content (AvgIpc) is 3.50. The van der Waals surface area contributed by atoms with Gasteiger partial charge in [0.25, 0.3) is 0 Å². The smallest absolute Gasteiger partial charge is 0.126 e. The van der Waals surface area contributed by atoms with E-state index in [2.05, 4.69) is 133 Å². The summed E-state index contributed by atoms with van der Waals surface area (Å²) < 4.78 is 4.56. The Labute approximate surface area is 268 Å². The average molecular weight is 596 g/mol. The second kappa shape index (κ2) is 10.2. The zero-order valence-corrected chi connectivity index (χ0v) is 26.9. The highest BCUT2D eigenvalue weighted by Gasteiger charge is 2.23. The van der Waals surface area contributed by atoms with Crippen LogP contribution in [0.15, 0.2) is 91.0 Å². The number of fused-ring (bicyclic) bond motifs is 6. The van der Waals surface area contributed by atoms with Crippen molar-refractivity contribution in [3.63, 3.8) is 0 Å². The van der Waals surface area contributed by atoms with Crippen molar-refractivity contribution in [2.75, 3.05) is 0 Å². The van der Waals surface area contributed by atoms with E-state index < -0.39 is 0 Å². The van der Waals surface area contributed by atoms with Crippen LogP contribution in [0.1, 0.15) is 39.3 Å². The van der Waals surface area contributed by atoms with Crippen molar-refractivity contribution in [1.29, 1.82) is 5.26 Å². The third-order valence-electron chi connectivity index (χ3n) is 9.11. The second-order valence-corrected chi connectivity index (χ2v) is 12.7. The van der Waals surface area contributed by atoms with Gasteiger partial charge in [-0.05, 0) is 106 Å². The zero-order chi connectivity index (χ0) is 31.9. The van der Waals surface area contributed by atoms with Gasteiger partial charge in [-0.15, -0.1) is 0 Å². The highest BCUT2D eigenvalue weighted by molar-refractivity contribution is 6.11. The van der Waals surface area contributed by atoms with Crippen LogP contribution in [0.25, 0.3) is 66.2 Å². The van der Waals surface area contributed by atoms with Crippen LogP contribution in [-0.4, -0.2) is 19.1 Å². The van der Waals surface area contributed by atoms with E-state index in [9.17, 15) is 5.26 Å². The molecule has 0 aliphatic heterocycles. The Balaban J connectivity index is 1.60. The Hall–Kier alpha value is -5.73. The predicted molar refractivity (Wildman–Crippen MR) is 189 cm³/mol. The summed E-state index contributed by atoms with van der Waals surface area (Å²) in [4.78, 5) is 9.46. The summed E-state index contributed by atoms with van der Waals surface area (Å²) >= 11 is 0. The zero-order valence-electron chi connectivity index (χ0n) is 26.9. The second-order valence-electron chi connectivity index (χ2n) is 12.7. The van der Waals surface area contributed by atoms with E-state index in [4.69, 9.17) is 4.98 Å². The Kier molecular flexibility index (Phi) is 6.13. The Morgan fingerprint density at radius 1 is 0.500 bits per heavy atom. The van der Waals surface area contributed by atoms with Crippen molar-refractivity contribution in [3.8, 4) is 28.7 Å². The van der Waals surface area contributed by atoms with Crippen molar-refractivity contribution in [1.82, 2.24) is 19.1 Å². The molecule has 5 heteroatoms. The van der Waals surface area contributed by atoms with Gasteiger partial charge in [0.2, 0.25) is 0 Å². The van der Waals surface area contributed by atoms with E-state index in [1.54, 1.807) is 0 Å². The lowest BCUT2D eigenvalue weighted by Gasteiger charge is -2.18. The van der Waals surface area contributed by atoms with Gasteiger partial charge in [-0.25, -0.2) is 9.97 Å². The summed E-state index contributed by atoms with van der Waals surface area (Å²) in [5.74, 6) is 0.716. The van der Waals surface area contributed by atoms with Crippen molar-refractivity contribution < 1.29 is 0 Å². The third-order valence-corrected chi connectivity index (χ3v) is 9.11. The molecule has 0 saturated carbocycles. The van der Waals surface area contributed by atoms with E-state index in [1.165, 1.54) is 22.3 Å². The maximum atomic E-state index is 11.2. The number of hydrogen-bond donors (Lipinski definition) is 0. The molecule has 0 aliphatic carbocycles. The van der Waals surface area contributed by atoms with E-state index >= 15 is 0 Å². The Morgan fingerprint density at radius 2 is 0.891 bits per heavy atom. The van der Waals surface area contributed by atoms with Crippen LogP contribution in [0.2, 0.25) is 0 Å². The van der Waals surface area contributed by atoms with Gasteiger partial charge in [0.05, 0.1) is 39.1 Å². The molecular formula is C41H33N5. The highest BCUT2D eigenvalue weighted by Crippen LogP contribution is 2.40. The number of aromatic nitrogens is 4. The molecule has 222 valence electrons. The highest BCUT2D eigenvalue weighted by atomic mass is 15.0. The normalized spacial score (nSPS) is 11.7. The first-order valence-corrected chi connectivity index (χ1v) is 15.6. The largest absolute Gasteiger partial charge is 0.308 e. The summed E-state index contributed by atoms with van der Waals surface area (Å²) in [6.45, 7) is 12.4. The molecule has 0 spiro atoms. The first-order chi connectivity index (χ1) is 22.2. The van der Waals surface area contributed by atoms with Gasteiger partial charge in [-0.3, -0.25) is 0 Å². The van der Waals surface area contributed by atoms with Gasteiger partial charge in [0, 0.05) is 32.8 Å². The van der Waals surface area contributed by atoms with E-state index in [-0.39, 0.29) is 0 Å². The molecular weight excluding hydrogens is 562 g/mol. The minimum Gasteiger partial charge on any atom is -0.308 e. The maximum Gasteiger partial charge on any atom is 0.126 e. The SMILES string of the molecule is Cc1ccc2c3ccc(C)cc3n(-c3cc(-c4cc(C)nc(C)n4)cc(-n4c5cc(C)ccc5c5ccc(C)cc54)c3C#N)c2c1. The first kappa shape index (κ1) is 27.8. The third kappa shape index (κ3) is 4.22. The van der Waals surface area contributed by atoms with E-state index in [1.807, 2.05) is 19.9 Å². The molecule has 46 heavy (non-hydrogen) atoms. The van der Waals surface area contributed by atoms with Crippen molar-refractivity contribution in [2.45, 2.75) is 41.5 Å². The van der Waals surface area contributed by atoms with Gasteiger partial charge in [0.1, 0.15) is 17.5 Å². The molecule has 0 amide bonds. The van der Waals surface area contributed by atoms with Crippen LogP contribution in [0.4, 0.5) is 0 Å². The molecule has 3 aromatic heterocycles. The quantitative estimate of drug-likeness (QED) is 0.204. The predicted octanol–water partition coefficient (Wildman–Crippen LogP) is 10.1. The number of nitrogens with zero attached hydrogens (tertiary/aromatic N) is 5. The van der Waals surface area contributed by atoms with Crippen LogP contribution in [0, 0.1) is 52.9 Å². The Morgan fingerprint density at radius 3 is 1.24 bits per heavy atom. The molecule has 0 atom stereocenters. The van der Waals surface area contributed by atoms with Gasteiger partial charge >= 0.3 is 0 Å². The molecule has 5 nitrogen and oxygen atoms in total. The Bertz CT molecular complexity index is 2320. The van der Waals surface area contributed by atoms with Crippen LogP contribution in [-0.2, 0) is 0 Å². The van der Waals surface area contributed by atoms with Crippen molar-refractivity contribution in [2.24, 2.45) is 0 Å². The summed E-state index contributed by atoms with van der Waals surface area (Å²) in [7, 11) is 0. The molecule has 8 rings (SSSR count). The fraction of sp³-hybridized carbons (Fsp3) is 0.146. The summed E-state index contributed by atoms with van der Waals surface area (Å²) in [6.07, 6.45) is 0. The van der Waals surface area contributed by atoms with Gasteiger partial charge in [0.15, 0.2) is 0 Å². The van der Waals surface area contributed by atoms with Crippen molar-refractivity contribution in [3.05, 3.63) is 130 Å². The minimum absolute atomic E-state index is 0.606. The monoisotopic (exact) mass is 595 g/mol. The van der Waals surface area contributed by atoms with Crippen LogP contribution < -0.4 is 0 Å². The molecule has 0 aliphatic rings.